The van der Waals surface area contributed by atoms with Gasteiger partial charge in [0.15, 0.2) is 0 Å². The first kappa shape index (κ1) is 14.6. The number of thioether (sulfide) groups is 1. The Hall–Kier alpha value is -1.49. The zero-order chi connectivity index (χ0) is 13.4. The summed E-state index contributed by atoms with van der Waals surface area (Å²) in [4.78, 5) is 22.4. The van der Waals surface area contributed by atoms with Crippen molar-refractivity contribution in [1.29, 1.82) is 0 Å². The van der Waals surface area contributed by atoms with Crippen molar-refractivity contribution in [3.8, 4) is 0 Å². The van der Waals surface area contributed by atoms with Crippen LogP contribution in [0.4, 0.5) is 5.69 Å². The molecule has 0 bridgehead atoms. The number of esters is 1. The first-order valence-corrected chi connectivity index (χ1v) is 6.78. The lowest BCUT2D eigenvalue weighted by Gasteiger charge is -2.05. The molecule has 4 nitrogen and oxygen atoms in total. The van der Waals surface area contributed by atoms with Crippen molar-refractivity contribution >= 4 is 29.3 Å². The fourth-order valence-electron chi connectivity index (χ4n) is 1.34. The van der Waals surface area contributed by atoms with Crippen molar-refractivity contribution in [2.45, 2.75) is 13.3 Å². The molecule has 0 atom stereocenters. The largest absolute Gasteiger partial charge is 0.469 e. The van der Waals surface area contributed by atoms with E-state index in [4.69, 9.17) is 0 Å². The quantitative estimate of drug-likeness (QED) is 0.634. The van der Waals surface area contributed by atoms with Gasteiger partial charge in [0.2, 0.25) is 5.91 Å². The van der Waals surface area contributed by atoms with E-state index in [0.29, 0.717) is 17.9 Å². The number of benzene rings is 1. The summed E-state index contributed by atoms with van der Waals surface area (Å²) in [6.45, 7) is 1.97. The van der Waals surface area contributed by atoms with Gasteiger partial charge in [-0.1, -0.05) is 12.1 Å². The van der Waals surface area contributed by atoms with Crippen LogP contribution in [0.25, 0.3) is 0 Å². The van der Waals surface area contributed by atoms with Gasteiger partial charge in [-0.15, -0.1) is 0 Å². The Labute approximate surface area is 111 Å². The summed E-state index contributed by atoms with van der Waals surface area (Å²) in [6.07, 6.45) is 0.332. The predicted molar refractivity (Wildman–Crippen MR) is 73.8 cm³/mol. The fraction of sp³-hybridized carbons (Fsp3) is 0.385. The second-order valence-electron chi connectivity index (χ2n) is 3.80. The van der Waals surface area contributed by atoms with E-state index in [2.05, 4.69) is 10.1 Å². The third-order valence-corrected chi connectivity index (χ3v) is 3.17. The van der Waals surface area contributed by atoms with E-state index >= 15 is 0 Å². The van der Waals surface area contributed by atoms with Crippen molar-refractivity contribution in [3.05, 3.63) is 29.8 Å². The standard InChI is InChI=1S/C13H17NO3S/c1-10-4-3-5-11(8-10)14-12(15)9-18-7-6-13(16)17-2/h3-5,8H,6-7,9H2,1-2H3,(H,14,15). The second-order valence-corrected chi connectivity index (χ2v) is 4.90. The molecule has 98 valence electrons. The monoisotopic (exact) mass is 267 g/mol. The van der Waals surface area contributed by atoms with E-state index < -0.39 is 0 Å². The van der Waals surface area contributed by atoms with E-state index in [1.165, 1.54) is 18.9 Å². The molecule has 1 amide bonds. The number of methoxy groups -OCH3 is 1. The molecule has 0 fully saturated rings. The van der Waals surface area contributed by atoms with Crippen molar-refractivity contribution in [1.82, 2.24) is 0 Å². The highest BCUT2D eigenvalue weighted by Crippen LogP contribution is 2.10. The Morgan fingerprint density at radius 3 is 2.83 bits per heavy atom. The van der Waals surface area contributed by atoms with Crippen LogP contribution in [0.2, 0.25) is 0 Å². The van der Waals surface area contributed by atoms with Crippen molar-refractivity contribution < 1.29 is 14.3 Å². The zero-order valence-electron chi connectivity index (χ0n) is 10.6. The Morgan fingerprint density at radius 2 is 2.17 bits per heavy atom. The van der Waals surface area contributed by atoms with E-state index in [0.717, 1.165) is 11.3 Å². The molecule has 0 aliphatic rings. The number of aryl methyl sites for hydroxylation is 1. The molecule has 18 heavy (non-hydrogen) atoms. The molecule has 1 aromatic carbocycles. The number of nitrogens with one attached hydrogen (secondary N) is 1. The molecule has 5 heteroatoms. The summed E-state index contributed by atoms with van der Waals surface area (Å²) in [7, 11) is 1.36. The van der Waals surface area contributed by atoms with Crippen LogP contribution in [0.5, 0.6) is 0 Å². The Balaban J connectivity index is 2.24. The van der Waals surface area contributed by atoms with Gasteiger partial charge in [0.05, 0.1) is 19.3 Å². The molecule has 1 rings (SSSR count). The molecule has 0 unspecified atom stereocenters. The highest BCUT2D eigenvalue weighted by molar-refractivity contribution is 7.99. The summed E-state index contributed by atoms with van der Waals surface area (Å²) in [5.74, 6) is 0.621. The van der Waals surface area contributed by atoms with Gasteiger partial charge in [-0.2, -0.15) is 11.8 Å². The summed E-state index contributed by atoms with van der Waals surface area (Å²) >= 11 is 1.42. The van der Waals surface area contributed by atoms with Gasteiger partial charge in [-0.3, -0.25) is 9.59 Å². The highest BCUT2D eigenvalue weighted by Gasteiger charge is 2.04. The minimum atomic E-state index is -0.249. The second kappa shape index (κ2) is 7.76. The molecular weight excluding hydrogens is 250 g/mol. The van der Waals surface area contributed by atoms with E-state index in [9.17, 15) is 9.59 Å². The molecule has 0 aromatic heterocycles. The van der Waals surface area contributed by atoms with Crippen LogP contribution in [0.15, 0.2) is 24.3 Å². The summed E-state index contributed by atoms with van der Waals surface area (Å²) in [6, 6.07) is 7.64. The van der Waals surface area contributed by atoms with E-state index in [1.54, 1.807) is 0 Å². The zero-order valence-corrected chi connectivity index (χ0v) is 11.4. The van der Waals surface area contributed by atoms with Crippen molar-refractivity contribution in [2.24, 2.45) is 0 Å². The van der Waals surface area contributed by atoms with Crippen LogP contribution < -0.4 is 5.32 Å². The van der Waals surface area contributed by atoms with Crippen molar-refractivity contribution in [3.63, 3.8) is 0 Å². The lowest BCUT2D eigenvalue weighted by molar-refractivity contribution is -0.140. The van der Waals surface area contributed by atoms with Crippen molar-refractivity contribution in [2.75, 3.05) is 23.9 Å². The lowest BCUT2D eigenvalue weighted by atomic mass is 10.2. The number of carbonyl (C=O) groups is 2. The number of anilines is 1. The lowest BCUT2D eigenvalue weighted by Crippen LogP contribution is -2.14. The Kier molecular flexibility index (Phi) is 6.28. The number of amides is 1. The number of hydrogen-bond acceptors (Lipinski definition) is 4. The molecule has 1 N–H and O–H groups in total. The number of rotatable bonds is 6. The molecule has 1 aromatic rings. The normalized spacial score (nSPS) is 9.89. The molecular formula is C13H17NO3S. The maximum Gasteiger partial charge on any atom is 0.306 e. The molecule has 0 spiro atoms. The molecule has 0 saturated carbocycles. The van der Waals surface area contributed by atoms with Gasteiger partial charge >= 0.3 is 5.97 Å². The first-order chi connectivity index (χ1) is 8.61. The minimum Gasteiger partial charge on any atom is -0.469 e. The molecule has 0 radical (unpaired) electrons. The van der Waals surface area contributed by atoms with Gasteiger partial charge in [-0.25, -0.2) is 0 Å². The average Bonchev–Trinajstić information content (AvgIpc) is 2.34. The maximum atomic E-state index is 11.6. The van der Waals surface area contributed by atoms with Gasteiger partial charge in [-0.05, 0) is 24.6 Å². The van der Waals surface area contributed by atoms with Gasteiger partial charge in [0, 0.05) is 11.4 Å². The van der Waals surface area contributed by atoms with Gasteiger partial charge in [0.25, 0.3) is 0 Å². The van der Waals surface area contributed by atoms with Crippen LogP contribution in [-0.4, -0.2) is 30.5 Å². The Morgan fingerprint density at radius 1 is 1.39 bits per heavy atom. The molecule has 0 aliphatic carbocycles. The summed E-state index contributed by atoms with van der Waals surface area (Å²) < 4.78 is 4.51. The predicted octanol–water partition coefficient (Wildman–Crippen LogP) is 2.23. The van der Waals surface area contributed by atoms with E-state index in [-0.39, 0.29) is 11.9 Å². The maximum absolute atomic E-state index is 11.6. The van der Waals surface area contributed by atoms with Crippen LogP contribution in [-0.2, 0) is 14.3 Å². The van der Waals surface area contributed by atoms with Crippen LogP contribution in [0, 0.1) is 6.92 Å². The summed E-state index contributed by atoms with van der Waals surface area (Å²) in [5.41, 5.74) is 1.90. The number of carbonyl (C=O) groups excluding carboxylic acids is 2. The van der Waals surface area contributed by atoms with Crippen LogP contribution in [0.1, 0.15) is 12.0 Å². The third-order valence-electron chi connectivity index (χ3n) is 2.21. The van der Waals surface area contributed by atoms with Crippen LogP contribution in [0.3, 0.4) is 0 Å². The van der Waals surface area contributed by atoms with E-state index in [1.807, 2.05) is 31.2 Å². The topological polar surface area (TPSA) is 55.4 Å². The smallest absolute Gasteiger partial charge is 0.306 e. The first-order valence-electron chi connectivity index (χ1n) is 5.63. The van der Waals surface area contributed by atoms with Crippen LogP contribution >= 0.6 is 11.8 Å². The fourth-order valence-corrected chi connectivity index (χ4v) is 2.06. The third kappa shape index (κ3) is 5.72. The summed E-state index contributed by atoms with van der Waals surface area (Å²) in [5, 5.41) is 2.81. The molecule has 0 saturated heterocycles. The van der Waals surface area contributed by atoms with Gasteiger partial charge in [0.1, 0.15) is 0 Å². The number of hydrogen-bond donors (Lipinski definition) is 1. The SMILES string of the molecule is COC(=O)CCSCC(=O)Nc1cccc(C)c1. The number of ether oxygens (including phenoxy) is 1. The highest BCUT2D eigenvalue weighted by atomic mass is 32.2. The molecule has 0 aliphatic heterocycles. The molecule has 0 heterocycles. The Bertz CT molecular complexity index is 420. The van der Waals surface area contributed by atoms with Gasteiger partial charge < -0.3 is 10.1 Å². The minimum absolute atomic E-state index is 0.0598. The average molecular weight is 267 g/mol.